The Labute approximate surface area is 83.0 Å². The predicted molar refractivity (Wildman–Crippen MR) is 55.0 cm³/mol. The van der Waals surface area contributed by atoms with Gasteiger partial charge in [-0.2, -0.15) is 0 Å². The van der Waals surface area contributed by atoms with Crippen molar-refractivity contribution in [2.24, 2.45) is 0 Å². The number of methoxy groups -OCH3 is 2. The van der Waals surface area contributed by atoms with Crippen LogP contribution in [0, 0.1) is 0 Å². The van der Waals surface area contributed by atoms with Gasteiger partial charge in [-0.15, -0.1) is 0 Å². The molecule has 0 aliphatic carbocycles. The minimum Gasteiger partial charge on any atom is -0.493 e. The molecule has 1 rings (SSSR count). The third-order valence-corrected chi connectivity index (χ3v) is 1.94. The fourth-order valence-electron chi connectivity index (χ4n) is 1.19. The van der Waals surface area contributed by atoms with E-state index in [2.05, 4.69) is 6.58 Å². The van der Waals surface area contributed by atoms with Gasteiger partial charge in [0.1, 0.15) is 0 Å². The van der Waals surface area contributed by atoms with Crippen LogP contribution in [0.2, 0.25) is 0 Å². The lowest BCUT2D eigenvalue weighted by atomic mass is 10.1. The van der Waals surface area contributed by atoms with E-state index in [1.54, 1.807) is 25.3 Å². The molecule has 3 nitrogen and oxygen atoms in total. The Hall–Kier alpha value is -1.77. The fourth-order valence-corrected chi connectivity index (χ4v) is 1.19. The van der Waals surface area contributed by atoms with Crippen molar-refractivity contribution < 1.29 is 14.3 Å². The van der Waals surface area contributed by atoms with Crippen LogP contribution in [0.25, 0.3) is 6.08 Å². The van der Waals surface area contributed by atoms with Crippen molar-refractivity contribution in [3.05, 3.63) is 29.8 Å². The van der Waals surface area contributed by atoms with Crippen LogP contribution in [-0.4, -0.2) is 20.5 Å². The van der Waals surface area contributed by atoms with Crippen LogP contribution in [-0.2, 0) is 0 Å². The Kier molecular flexibility index (Phi) is 3.29. The molecule has 0 fully saturated rings. The highest BCUT2D eigenvalue weighted by molar-refractivity contribution is 5.83. The fraction of sp³-hybridized carbons (Fsp3) is 0.182. The van der Waals surface area contributed by atoms with E-state index in [0.29, 0.717) is 17.1 Å². The van der Waals surface area contributed by atoms with Crippen LogP contribution >= 0.6 is 0 Å². The van der Waals surface area contributed by atoms with E-state index >= 15 is 0 Å². The number of carbonyl (C=O) groups is 1. The summed E-state index contributed by atoms with van der Waals surface area (Å²) in [4.78, 5) is 10.7. The van der Waals surface area contributed by atoms with Gasteiger partial charge in [0.05, 0.1) is 14.2 Å². The zero-order chi connectivity index (χ0) is 10.6. The van der Waals surface area contributed by atoms with E-state index in [1.165, 1.54) is 7.11 Å². The molecule has 0 N–H and O–H groups in total. The molecule has 1 aromatic rings. The monoisotopic (exact) mass is 192 g/mol. The lowest BCUT2D eigenvalue weighted by Gasteiger charge is -2.09. The Bertz CT molecular complexity index is 321. The van der Waals surface area contributed by atoms with Gasteiger partial charge in [-0.1, -0.05) is 12.7 Å². The van der Waals surface area contributed by atoms with Crippen molar-refractivity contribution in [2.45, 2.75) is 0 Å². The Morgan fingerprint density at radius 1 is 1.14 bits per heavy atom. The first-order valence-corrected chi connectivity index (χ1v) is 4.10. The molecule has 0 saturated heterocycles. The number of rotatable bonds is 4. The molecule has 74 valence electrons. The van der Waals surface area contributed by atoms with Crippen LogP contribution < -0.4 is 9.47 Å². The Morgan fingerprint density at radius 2 is 1.64 bits per heavy atom. The second-order valence-electron chi connectivity index (χ2n) is 2.66. The van der Waals surface area contributed by atoms with E-state index in [0.717, 1.165) is 11.8 Å². The lowest BCUT2D eigenvalue weighted by molar-refractivity contribution is 0.112. The van der Waals surface area contributed by atoms with Gasteiger partial charge in [-0.05, 0) is 17.7 Å². The second-order valence-corrected chi connectivity index (χ2v) is 2.66. The molecule has 0 bridgehead atoms. The van der Waals surface area contributed by atoms with E-state index in [4.69, 9.17) is 9.47 Å². The Balaban J connectivity index is 3.34. The molecule has 14 heavy (non-hydrogen) atoms. The highest BCUT2D eigenvalue weighted by Gasteiger charge is 2.08. The zero-order valence-electron chi connectivity index (χ0n) is 8.24. The van der Waals surface area contributed by atoms with Gasteiger partial charge in [-0.25, -0.2) is 0 Å². The van der Waals surface area contributed by atoms with Gasteiger partial charge in [-0.3, -0.25) is 4.79 Å². The van der Waals surface area contributed by atoms with Crippen molar-refractivity contribution in [1.82, 2.24) is 0 Å². The standard InChI is InChI=1S/C11H12O3/c1-4-8-5-10(13-2)11(14-3)6-9(8)7-12/h4-7H,1H2,2-3H3. The van der Waals surface area contributed by atoms with E-state index in [9.17, 15) is 4.79 Å². The van der Waals surface area contributed by atoms with Crippen LogP contribution in [0.1, 0.15) is 15.9 Å². The first kappa shape index (κ1) is 10.3. The molecule has 0 spiro atoms. The summed E-state index contributed by atoms with van der Waals surface area (Å²) >= 11 is 0. The van der Waals surface area contributed by atoms with Crippen LogP contribution in [0.5, 0.6) is 11.5 Å². The molecule has 1 aromatic carbocycles. The predicted octanol–water partition coefficient (Wildman–Crippen LogP) is 2.16. The summed E-state index contributed by atoms with van der Waals surface area (Å²) in [7, 11) is 3.07. The average Bonchev–Trinajstić information content (AvgIpc) is 2.26. The average molecular weight is 192 g/mol. The highest BCUT2D eigenvalue weighted by Crippen LogP contribution is 2.30. The molecule has 0 heterocycles. The molecular formula is C11H12O3. The highest BCUT2D eigenvalue weighted by atomic mass is 16.5. The van der Waals surface area contributed by atoms with Gasteiger partial charge in [0.25, 0.3) is 0 Å². The number of ether oxygens (including phenoxy) is 2. The molecule has 3 heteroatoms. The quantitative estimate of drug-likeness (QED) is 0.686. The van der Waals surface area contributed by atoms with Crippen molar-refractivity contribution in [1.29, 1.82) is 0 Å². The van der Waals surface area contributed by atoms with Crippen molar-refractivity contribution in [3.63, 3.8) is 0 Å². The number of hydrogen-bond acceptors (Lipinski definition) is 3. The summed E-state index contributed by atoms with van der Waals surface area (Å²) in [6.07, 6.45) is 2.37. The maximum Gasteiger partial charge on any atom is 0.161 e. The van der Waals surface area contributed by atoms with Crippen LogP contribution in [0.4, 0.5) is 0 Å². The molecule has 0 aromatic heterocycles. The molecule has 0 unspecified atom stereocenters. The molecule has 0 atom stereocenters. The Morgan fingerprint density at radius 3 is 2.00 bits per heavy atom. The first-order valence-electron chi connectivity index (χ1n) is 4.10. The summed E-state index contributed by atoms with van der Waals surface area (Å²) in [5, 5.41) is 0. The van der Waals surface area contributed by atoms with E-state index in [1.807, 2.05) is 0 Å². The van der Waals surface area contributed by atoms with Gasteiger partial charge in [0.2, 0.25) is 0 Å². The number of benzene rings is 1. The molecule has 0 aliphatic rings. The van der Waals surface area contributed by atoms with E-state index < -0.39 is 0 Å². The minimum absolute atomic E-state index is 0.539. The summed E-state index contributed by atoms with van der Waals surface area (Å²) in [6.45, 7) is 3.62. The van der Waals surface area contributed by atoms with E-state index in [-0.39, 0.29) is 0 Å². The van der Waals surface area contributed by atoms with Crippen molar-refractivity contribution in [3.8, 4) is 11.5 Å². The number of carbonyl (C=O) groups excluding carboxylic acids is 1. The van der Waals surface area contributed by atoms with Crippen molar-refractivity contribution >= 4 is 12.4 Å². The van der Waals surface area contributed by atoms with Gasteiger partial charge in [0.15, 0.2) is 17.8 Å². The normalized spacial score (nSPS) is 9.29. The van der Waals surface area contributed by atoms with Gasteiger partial charge >= 0.3 is 0 Å². The molecule has 0 radical (unpaired) electrons. The summed E-state index contributed by atoms with van der Waals surface area (Å²) in [6, 6.07) is 3.35. The van der Waals surface area contributed by atoms with Gasteiger partial charge in [0, 0.05) is 5.56 Å². The molecular weight excluding hydrogens is 180 g/mol. The zero-order valence-corrected chi connectivity index (χ0v) is 8.24. The maximum absolute atomic E-state index is 10.7. The topological polar surface area (TPSA) is 35.5 Å². The molecule has 0 aliphatic heterocycles. The second kappa shape index (κ2) is 4.46. The van der Waals surface area contributed by atoms with Crippen LogP contribution in [0.15, 0.2) is 18.7 Å². The smallest absolute Gasteiger partial charge is 0.161 e. The maximum atomic E-state index is 10.7. The number of aldehydes is 1. The first-order chi connectivity index (χ1) is 6.76. The largest absolute Gasteiger partial charge is 0.493 e. The van der Waals surface area contributed by atoms with Crippen molar-refractivity contribution in [2.75, 3.05) is 14.2 Å². The summed E-state index contributed by atoms with van der Waals surface area (Å²) < 4.78 is 10.1. The van der Waals surface area contributed by atoms with Gasteiger partial charge < -0.3 is 9.47 Å². The number of hydrogen-bond donors (Lipinski definition) is 0. The molecule has 0 saturated carbocycles. The third-order valence-electron chi connectivity index (χ3n) is 1.94. The molecule has 0 amide bonds. The lowest BCUT2D eigenvalue weighted by Crippen LogP contribution is -1.94. The van der Waals surface area contributed by atoms with Crippen LogP contribution in [0.3, 0.4) is 0 Å². The summed E-state index contributed by atoms with van der Waals surface area (Å²) in [5.41, 5.74) is 1.27. The minimum atomic E-state index is 0.539. The summed E-state index contributed by atoms with van der Waals surface area (Å²) in [5.74, 6) is 1.13. The third kappa shape index (κ3) is 1.76. The SMILES string of the molecule is C=Cc1cc(OC)c(OC)cc1C=O.